The third kappa shape index (κ3) is 17.2. The van der Waals surface area contributed by atoms with Crippen LogP contribution < -0.4 is 16.4 Å². The number of benzene rings is 2. The highest BCUT2D eigenvalue weighted by atomic mass is 28.3. The summed E-state index contributed by atoms with van der Waals surface area (Å²) in [6, 6.07) is 13.3. The summed E-state index contributed by atoms with van der Waals surface area (Å²) in [6.45, 7) is 11.8. The van der Waals surface area contributed by atoms with E-state index in [0.29, 0.717) is 24.2 Å². The summed E-state index contributed by atoms with van der Waals surface area (Å²) in [5, 5.41) is 22.7. The molecule has 19 heteroatoms. The lowest BCUT2D eigenvalue weighted by Crippen LogP contribution is -2.50. The molecular formula is C41H56F5N5O8Si. The van der Waals surface area contributed by atoms with E-state index in [4.69, 9.17) is 20.4 Å². The number of Topliss-reactive ketones (excluding diaryl/α,β-unsaturated/α-hetero) is 1. The molecular weight excluding hydrogens is 814 g/mol. The Balaban J connectivity index is 0.00000162. The summed E-state index contributed by atoms with van der Waals surface area (Å²) in [6.07, 6.45) is -3.68. The number of carboxylic acids is 1. The minimum Gasteiger partial charge on any atom is -0.475 e. The van der Waals surface area contributed by atoms with Gasteiger partial charge in [0.2, 0.25) is 11.8 Å². The van der Waals surface area contributed by atoms with Crippen LogP contribution in [-0.2, 0) is 30.5 Å². The predicted octanol–water partition coefficient (Wildman–Crippen LogP) is 6.27. The minimum atomic E-state index is -5.08. The number of alkyl halides is 3. The first kappa shape index (κ1) is 51.0. The maximum absolute atomic E-state index is 15.1. The fraction of sp³-hybridized carbons (Fsp3) is 0.488. The number of ether oxygens (including phenoxy) is 1. The van der Waals surface area contributed by atoms with Gasteiger partial charge in [0.1, 0.15) is 30.1 Å². The maximum atomic E-state index is 15.1. The zero-order valence-corrected chi connectivity index (χ0v) is 35.7. The van der Waals surface area contributed by atoms with Crippen LogP contribution in [0.25, 0.3) is 11.1 Å². The van der Waals surface area contributed by atoms with Crippen molar-refractivity contribution in [3.05, 3.63) is 83.7 Å². The number of carboxylic acid groups (broad SMARTS) is 1. The molecule has 1 aromatic heterocycles. The molecule has 0 radical (unpaired) electrons. The number of rotatable bonds is 19. The lowest BCUT2D eigenvalue weighted by molar-refractivity contribution is -0.192. The molecule has 3 aromatic rings. The van der Waals surface area contributed by atoms with Crippen molar-refractivity contribution in [1.82, 2.24) is 20.1 Å². The highest BCUT2D eigenvalue weighted by molar-refractivity contribution is 6.76. The van der Waals surface area contributed by atoms with Gasteiger partial charge in [0.25, 0.3) is 0 Å². The van der Waals surface area contributed by atoms with E-state index in [1.54, 1.807) is 12.3 Å². The number of aliphatic hydroxyl groups is 1. The Morgan fingerprint density at radius 1 is 0.983 bits per heavy atom. The Hall–Kier alpha value is -5.14. The number of aliphatic carboxylic acids is 1. The number of nitrogens with zero attached hydrogens (tertiary/aromatic N) is 2. The lowest BCUT2D eigenvalue weighted by atomic mass is 9.82. The van der Waals surface area contributed by atoms with Gasteiger partial charge in [-0.05, 0) is 54.1 Å². The first-order chi connectivity index (χ1) is 27.9. The summed E-state index contributed by atoms with van der Waals surface area (Å²) in [5.74, 6) is -5.29. The van der Waals surface area contributed by atoms with Gasteiger partial charge in [0, 0.05) is 57.1 Å². The van der Waals surface area contributed by atoms with Gasteiger partial charge in [-0.15, -0.1) is 0 Å². The van der Waals surface area contributed by atoms with Crippen LogP contribution in [0.4, 0.5) is 26.7 Å². The summed E-state index contributed by atoms with van der Waals surface area (Å²) >= 11 is 0. The number of nitrogens with one attached hydrogen (secondary N) is 2. The summed E-state index contributed by atoms with van der Waals surface area (Å²) in [4.78, 5) is 62.1. The second-order valence-corrected chi connectivity index (χ2v) is 21.9. The monoisotopic (exact) mass is 869 g/mol. The quantitative estimate of drug-likeness (QED) is 0.0525. The van der Waals surface area contributed by atoms with E-state index in [0.717, 1.165) is 29.8 Å². The van der Waals surface area contributed by atoms with Crippen molar-refractivity contribution in [2.24, 2.45) is 11.1 Å². The van der Waals surface area contributed by atoms with Crippen LogP contribution >= 0.6 is 0 Å². The largest absolute Gasteiger partial charge is 0.490 e. The predicted molar refractivity (Wildman–Crippen MR) is 217 cm³/mol. The van der Waals surface area contributed by atoms with Crippen LogP contribution in [0.15, 0.2) is 60.8 Å². The summed E-state index contributed by atoms with van der Waals surface area (Å²) in [5.41, 5.74) is 6.66. The first-order valence-electron chi connectivity index (χ1n) is 19.2. The molecule has 0 saturated carbocycles. The molecule has 2 atom stereocenters. The molecule has 2 aromatic carbocycles. The van der Waals surface area contributed by atoms with Crippen molar-refractivity contribution >= 4 is 37.7 Å². The molecule has 6 N–H and O–H groups in total. The summed E-state index contributed by atoms with van der Waals surface area (Å²) in [7, 11) is -1.52. The number of alkyl carbamates (subject to hydrolysis) is 1. The van der Waals surface area contributed by atoms with Gasteiger partial charge < -0.3 is 40.8 Å². The standard InChI is InChI=1S/C39H55F2N5O6Si.C2HF3O2/c1-39(2,3)36(34-21-28(31-22-29(40)14-15-32(31)41)25-45(34)24-27-11-8-7-9-12-27)46(35(49)26-47)18-16-33(37(50)43-17-10-13-30(48)23-42)44-38(51)52-19-20-53(4,5)6;3-2(4,5)1(6)7/h7-9,11-12,14-15,21-22,25,33,36,47H,10,13,16-20,23-24,26,42H2,1-6H3,(H,43,50)(H,44,51);(H,6,7)/t33-,36-;/m0./s1. The molecule has 0 fully saturated rings. The average Bonchev–Trinajstić information content (AvgIpc) is 3.55. The number of hydrogen-bond acceptors (Lipinski definition) is 8. The second-order valence-electron chi connectivity index (χ2n) is 16.3. The SMILES string of the molecule is CC(C)(C)[C@H](c1cc(-c2cc(F)ccc2F)cn1Cc1ccccc1)N(CC[C@H](NC(=O)OCC[Si](C)(C)C)C(=O)NCCCC(=O)CN)C(=O)CO.O=C(O)C(F)(F)F. The van der Waals surface area contributed by atoms with Crippen molar-refractivity contribution in [2.75, 3.05) is 32.8 Å². The van der Waals surface area contributed by atoms with Crippen LogP contribution in [0.5, 0.6) is 0 Å². The van der Waals surface area contributed by atoms with Crippen molar-refractivity contribution in [3.8, 4) is 11.1 Å². The van der Waals surface area contributed by atoms with Crippen LogP contribution in [-0.4, -0.2) is 102 Å². The number of halogens is 5. The number of carbonyl (C=O) groups excluding carboxylic acids is 4. The molecule has 0 aliphatic carbocycles. The van der Waals surface area contributed by atoms with E-state index in [1.165, 1.54) is 4.90 Å². The number of carbonyl (C=O) groups is 5. The molecule has 0 aliphatic heterocycles. The Morgan fingerprint density at radius 2 is 1.62 bits per heavy atom. The zero-order valence-electron chi connectivity index (χ0n) is 34.7. The molecule has 3 rings (SSSR count). The Bertz CT molecular complexity index is 1900. The molecule has 60 heavy (non-hydrogen) atoms. The fourth-order valence-electron chi connectivity index (χ4n) is 5.99. The topological polar surface area (TPSA) is 193 Å². The maximum Gasteiger partial charge on any atom is 0.490 e. The average molecular weight is 870 g/mol. The normalized spacial score (nSPS) is 12.7. The molecule has 0 saturated heterocycles. The van der Waals surface area contributed by atoms with Crippen LogP contribution in [0.1, 0.15) is 57.3 Å². The number of ketones is 1. The van der Waals surface area contributed by atoms with Gasteiger partial charge in [-0.1, -0.05) is 70.7 Å². The van der Waals surface area contributed by atoms with E-state index in [-0.39, 0.29) is 50.4 Å². The fourth-order valence-corrected chi connectivity index (χ4v) is 6.71. The van der Waals surface area contributed by atoms with E-state index in [9.17, 15) is 41.8 Å². The van der Waals surface area contributed by atoms with Crippen molar-refractivity contribution < 1.29 is 60.9 Å². The number of aliphatic hydroxyl groups excluding tert-OH is 1. The molecule has 0 unspecified atom stereocenters. The molecule has 13 nitrogen and oxygen atoms in total. The molecule has 0 bridgehead atoms. The van der Waals surface area contributed by atoms with Crippen LogP contribution in [0.3, 0.4) is 0 Å². The Labute approximate surface area is 347 Å². The molecule has 3 amide bonds. The number of hydrogen-bond donors (Lipinski definition) is 5. The van der Waals surface area contributed by atoms with Crippen molar-refractivity contribution in [1.29, 1.82) is 0 Å². The molecule has 0 spiro atoms. The minimum absolute atomic E-state index is 0.0486. The third-order valence-corrected chi connectivity index (χ3v) is 10.7. The number of aromatic nitrogens is 1. The smallest absolute Gasteiger partial charge is 0.475 e. The van der Waals surface area contributed by atoms with Gasteiger partial charge in [0.15, 0.2) is 0 Å². The van der Waals surface area contributed by atoms with E-state index in [1.807, 2.05) is 55.7 Å². The lowest BCUT2D eigenvalue weighted by Gasteiger charge is -2.41. The van der Waals surface area contributed by atoms with Gasteiger partial charge in [0.05, 0.1) is 19.2 Å². The van der Waals surface area contributed by atoms with E-state index >= 15 is 4.39 Å². The Morgan fingerprint density at radius 3 is 2.17 bits per heavy atom. The highest BCUT2D eigenvalue weighted by Crippen LogP contribution is 2.41. The number of nitrogens with two attached hydrogens (primary N) is 1. The molecule has 0 aliphatic rings. The van der Waals surface area contributed by atoms with Crippen LogP contribution in [0, 0.1) is 17.0 Å². The van der Waals surface area contributed by atoms with E-state index in [2.05, 4.69) is 30.3 Å². The highest BCUT2D eigenvalue weighted by Gasteiger charge is 2.39. The van der Waals surface area contributed by atoms with E-state index < -0.39 is 73.9 Å². The Kier molecular flexibility index (Phi) is 19.6. The van der Waals surface area contributed by atoms with Gasteiger partial charge in [-0.3, -0.25) is 14.4 Å². The first-order valence-corrected chi connectivity index (χ1v) is 22.9. The zero-order chi connectivity index (χ0) is 45.4. The molecule has 1 heterocycles. The van der Waals surface area contributed by atoms with Crippen molar-refractivity contribution in [2.45, 2.75) is 90.5 Å². The van der Waals surface area contributed by atoms with Gasteiger partial charge >= 0.3 is 18.2 Å². The molecule has 332 valence electrons. The summed E-state index contributed by atoms with van der Waals surface area (Å²) < 4.78 is 68.5. The third-order valence-electron chi connectivity index (χ3n) is 8.99. The van der Waals surface area contributed by atoms with Gasteiger partial charge in [-0.2, -0.15) is 13.2 Å². The number of amides is 3. The van der Waals surface area contributed by atoms with Crippen LogP contribution in [0.2, 0.25) is 25.7 Å². The second kappa shape index (κ2) is 23.0. The van der Waals surface area contributed by atoms with Gasteiger partial charge in [-0.25, -0.2) is 18.4 Å². The van der Waals surface area contributed by atoms with Crippen molar-refractivity contribution in [3.63, 3.8) is 0 Å².